The molecule has 0 radical (unpaired) electrons. The maximum Gasteiger partial charge on any atom is 0.00794 e. The summed E-state index contributed by atoms with van der Waals surface area (Å²) < 4.78 is 0. The summed E-state index contributed by atoms with van der Waals surface area (Å²) in [5.41, 5.74) is 0. The second kappa shape index (κ2) is 5.66. The summed E-state index contributed by atoms with van der Waals surface area (Å²) in [6.07, 6.45) is 7.08. The van der Waals surface area contributed by atoms with Crippen molar-refractivity contribution in [2.45, 2.75) is 38.0 Å². The predicted octanol–water partition coefficient (Wildman–Crippen LogP) is 3.63. The molecule has 1 saturated carbocycles. The lowest BCUT2D eigenvalue weighted by Crippen LogP contribution is -2.23. The van der Waals surface area contributed by atoms with E-state index in [1.54, 1.807) is 4.88 Å². The highest BCUT2D eigenvalue weighted by Crippen LogP contribution is 2.38. The number of hydrogen-bond donors (Lipinski definition) is 1. The third-order valence-electron chi connectivity index (χ3n) is 3.53. The van der Waals surface area contributed by atoms with E-state index in [9.17, 15) is 0 Å². The molecule has 1 aliphatic carbocycles. The second-order valence-corrected chi connectivity index (χ2v) is 5.56. The Morgan fingerprint density at radius 3 is 2.93 bits per heavy atom. The molecule has 2 rings (SSSR count). The van der Waals surface area contributed by atoms with Gasteiger partial charge in [0.15, 0.2) is 0 Å². The van der Waals surface area contributed by atoms with Gasteiger partial charge in [0.2, 0.25) is 0 Å². The maximum atomic E-state index is 3.36. The van der Waals surface area contributed by atoms with Gasteiger partial charge in [-0.25, -0.2) is 0 Å². The monoisotopic (exact) mass is 223 g/mol. The summed E-state index contributed by atoms with van der Waals surface area (Å²) in [6.45, 7) is 1.18. The van der Waals surface area contributed by atoms with Crippen molar-refractivity contribution in [2.24, 2.45) is 5.92 Å². The average molecular weight is 223 g/mol. The standard InChI is InChI=1S/C13H21NS/c1-14-10-11-6-3-2-4-7-12(11)13-8-5-9-15-13/h5,8-9,11-12,14H,2-4,6-7,10H2,1H3. The van der Waals surface area contributed by atoms with Crippen LogP contribution in [0.1, 0.15) is 42.9 Å². The third-order valence-corrected chi connectivity index (χ3v) is 4.54. The Labute approximate surface area is 96.9 Å². The highest BCUT2D eigenvalue weighted by molar-refractivity contribution is 7.10. The smallest absolute Gasteiger partial charge is 0.00794 e. The summed E-state index contributed by atoms with van der Waals surface area (Å²) >= 11 is 1.94. The Hall–Kier alpha value is -0.340. The summed E-state index contributed by atoms with van der Waals surface area (Å²) in [5.74, 6) is 1.68. The molecule has 0 spiro atoms. The minimum Gasteiger partial charge on any atom is -0.319 e. The summed E-state index contributed by atoms with van der Waals surface area (Å²) in [7, 11) is 2.08. The van der Waals surface area contributed by atoms with Crippen LogP contribution in [0, 0.1) is 5.92 Å². The van der Waals surface area contributed by atoms with Gasteiger partial charge in [0.05, 0.1) is 0 Å². The molecule has 0 amide bonds. The van der Waals surface area contributed by atoms with E-state index in [0.717, 1.165) is 11.8 Å². The Kier molecular flexibility index (Phi) is 4.21. The highest BCUT2D eigenvalue weighted by Gasteiger charge is 2.24. The topological polar surface area (TPSA) is 12.0 Å². The molecular weight excluding hydrogens is 202 g/mol. The number of hydrogen-bond acceptors (Lipinski definition) is 2. The average Bonchev–Trinajstić information content (AvgIpc) is 2.67. The van der Waals surface area contributed by atoms with E-state index in [2.05, 4.69) is 29.9 Å². The van der Waals surface area contributed by atoms with E-state index >= 15 is 0 Å². The fourth-order valence-corrected chi connectivity index (χ4v) is 3.72. The molecule has 0 aliphatic heterocycles. The molecule has 1 aromatic heterocycles. The first-order valence-electron chi connectivity index (χ1n) is 6.10. The van der Waals surface area contributed by atoms with Crippen LogP contribution in [0.5, 0.6) is 0 Å². The van der Waals surface area contributed by atoms with Crippen LogP contribution < -0.4 is 5.32 Å². The van der Waals surface area contributed by atoms with Gasteiger partial charge in [0.25, 0.3) is 0 Å². The molecule has 84 valence electrons. The third kappa shape index (κ3) is 2.82. The van der Waals surface area contributed by atoms with Crippen molar-refractivity contribution < 1.29 is 0 Å². The lowest BCUT2D eigenvalue weighted by molar-refractivity contribution is 0.390. The molecule has 15 heavy (non-hydrogen) atoms. The molecule has 1 fully saturated rings. The molecular formula is C13H21NS. The summed E-state index contributed by atoms with van der Waals surface area (Å²) in [6, 6.07) is 4.52. The van der Waals surface area contributed by atoms with Crippen LogP contribution in [0.25, 0.3) is 0 Å². The number of rotatable bonds is 3. The zero-order valence-electron chi connectivity index (χ0n) is 9.54. The molecule has 0 aromatic carbocycles. The minimum atomic E-state index is 0.819. The van der Waals surface area contributed by atoms with Crippen molar-refractivity contribution in [1.29, 1.82) is 0 Å². The van der Waals surface area contributed by atoms with Crippen LogP contribution in [-0.4, -0.2) is 13.6 Å². The van der Waals surface area contributed by atoms with Gasteiger partial charge < -0.3 is 5.32 Å². The fourth-order valence-electron chi connectivity index (χ4n) is 2.77. The molecule has 1 aliphatic rings. The van der Waals surface area contributed by atoms with Gasteiger partial charge in [-0.2, -0.15) is 0 Å². The van der Waals surface area contributed by atoms with Gasteiger partial charge in [-0.05, 0) is 49.7 Å². The first-order chi connectivity index (χ1) is 7.42. The van der Waals surface area contributed by atoms with Gasteiger partial charge in [-0.1, -0.05) is 25.3 Å². The van der Waals surface area contributed by atoms with E-state index < -0.39 is 0 Å². The number of nitrogens with one attached hydrogen (secondary N) is 1. The number of thiophene rings is 1. The molecule has 2 unspecified atom stereocenters. The van der Waals surface area contributed by atoms with Gasteiger partial charge >= 0.3 is 0 Å². The molecule has 2 heteroatoms. The van der Waals surface area contributed by atoms with Crippen LogP contribution in [0.2, 0.25) is 0 Å². The molecule has 2 atom stereocenters. The van der Waals surface area contributed by atoms with Crippen molar-refractivity contribution in [3.8, 4) is 0 Å². The van der Waals surface area contributed by atoms with Gasteiger partial charge in [0, 0.05) is 4.88 Å². The highest BCUT2D eigenvalue weighted by atomic mass is 32.1. The second-order valence-electron chi connectivity index (χ2n) is 4.58. The Morgan fingerprint density at radius 1 is 1.33 bits per heavy atom. The lowest BCUT2D eigenvalue weighted by Gasteiger charge is -2.23. The van der Waals surface area contributed by atoms with Crippen LogP contribution in [0.3, 0.4) is 0 Å². The first-order valence-corrected chi connectivity index (χ1v) is 6.98. The van der Waals surface area contributed by atoms with Crippen LogP contribution in [-0.2, 0) is 0 Å². The molecule has 1 heterocycles. The Morgan fingerprint density at radius 2 is 2.20 bits per heavy atom. The Bertz CT molecular complexity index is 268. The van der Waals surface area contributed by atoms with Gasteiger partial charge in [-0.15, -0.1) is 11.3 Å². The van der Waals surface area contributed by atoms with Crippen LogP contribution in [0.4, 0.5) is 0 Å². The van der Waals surface area contributed by atoms with Crippen LogP contribution >= 0.6 is 11.3 Å². The Balaban J connectivity index is 2.09. The van der Waals surface area contributed by atoms with Crippen molar-refractivity contribution >= 4 is 11.3 Å². The zero-order chi connectivity index (χ0) is 10.5. The zero-order valence-corrected chi connectivity index (χ0v) is 10.4. The van der Waals surface area contributed by atoms with E-state index in [4.69, 9.17) is 0 Å². The maximum absolute atomic E-state index is 3.36. The van der Waals surface area contributed by atoms with E-state index in [1.165, 1.54) is 38.6 Å². The summed E-state index contributed by atoms with van der Waals surface area (Å²) in [4.78, 5) is 1.61. The van der Waals surface area contributed by atoms with E-state index in [1.807, 2.05) is 11.3 Å². The molecule has 1 aromatic rings. The van der Waals surface area contributed by atoms with Crippen molar-refractivity contribution in [3.63, 3.8) is 0 Å². The summed E-state index contributed by atoms with van der Waals surface area (Å²) in [5, 5.41) is 5.58. The molecule has 0 bridgehead atoms. The van der Waals surface area contributed by atoms with Gasteiger partial charge in [-0.3, -0.25) is 0 Å². The minimum absolute atomic E-state index is 0.819. The largest absolute Gasteiger partial charge is 0.319 e. The quantitative estimate of drug-likeness (QED) is 0.772. The van der Waals surface area contributed by atoms with Crippen molar-refractivity contribution in [2.75, 3.05) is 13.6 Å². The van der Waals surface area contributed by atoms with E-state index in [0.29, 0.717) is 0 Å². The van der Waals surface area contributed by atoms with E-state index in [-0.39, 0.29) is 0 Å². The van der Waals surface area contributed by atoms with Gasteiger partial charge in [0.1, 0.15) is 0 Å². The lowest BCUT2D eigenvalue weighted by atomic mass is 9.86. The molecule has 1 N–H and O–H groups in total. The fraction of sp³-hybridized carbons (Fsp3) is 0.692. The predicted molar refractivity (Wildman–Crippen MR) is 67.6 cm³/mol. The molecule has 1 nitrogen and oxygen atoms in total. The van der Waals surface area contributed by atoms with Crippen LogP contribution in [0.15, 0.2) is 17.5 Å². The molecule has 0 saturated heterocycles. The first kappa shape index (κ1) is 11.2. The van der Waals surface area contributed by atoms with Crippen molar-refractivity contribution in [1.82, 2.24) is 5.32 Å². The SMILES string of the molecule is CNCC1CCCCCC1c1cccs1. The van der Waals surface area contributed by atoms with Crippen molar-refractivity contribution in [3.05, 3.63) is 22.4 Å². The normalized spacial score (nSPS) is 27.5.